The summed E-state index contributed by atoms with van der Waals surface area (Å²) in [6.45, 7) is 3.25. The van der Waals surface area contributed by atoms with Gasteiger partial charge < -0.3 is 10.6 Å². The molecule has 0 fully saturated rings. The van der Waals surface area contributed by atoms with Gasteiger partial charge in [0.25, 0.3) is 0 Å². The van der Waals surface area contributed by atoms with Gasteiger partial charge >= 0.3 is 35.5 Å². The molecule has 122 valence electrons. The van der Waals surface area contributed by atoms with Crippen LogP contribution < -0.4 is 11.2 Å². The third kappa shape index (κ3) is 20.4. The van der Waals surface area contributed by atoms with Crippen molar-refractivity contribution in [3.8, 4) is 0 Å². The Morgan fingerprint density at radius 1 is 0.905 bits per heavy atom. The third-order valence-corrected chi connectivity index (χ3v) is 3.42. The molecule has 0 aromatic carbocycles. The first-order valence-corrected chi connectivity index (χ1v) is 8.43. The number of carbonyl (C=O) groups excluding carboxylic acids is 1. The molecule has 5 heteroatoms. The third-order valence-electron chi connectivity index (χ3n) is 3.42. The van der Waals surface area contributed by atoms with Gasteiger partial charge in [0, 0.05) is 19.5 Å². The quantitative estimate of drug-likeness (QED) is 0.277. The van der Waals surface area contributed by atoms with Crippen molar-refractivity contribution >= 4 is 35.5 Å². The van der Waals surface area contributed by atoms with Crippen LogP contribution in [0.2, 0.25) is 0 Å². The van der Waals surface area contributed by atoms with E-state index in [1.165, 1.54) is 57.8 Å². The zero-order chi connectivity index (χ0) is 14.9. The molecule has 3 N–H and O–H groups in total. The second kappa shape index (κ2) is 20.4. The van der Waals surface area contributed by atoms with Gasteiger partial charge in [-0.1, -0.05) is 71.1 Å². The number of carbonyl (C=O) groups is 1. The Hall–Kier alpha value is 0.390. The fraction of sp³-hybridized carbons (Fsp3) is 0.938. The van der Waals surface area contributed by atoms with Crippen LogP contribution in [0.4, 0.5) is 0 Å². The van der Waals surface area contributed by atoms with Crippen molar-refractivity contribution in [3.63, 3.8) is 0 Å². The molecule has 0 aliphatic rings. The summed E-state index contributed by atoms with van der Waals surface area (Å²) in [4.78, 5) is 16.1. The number of hydrogen-bond donors (Lipinski definition) is 2. The van der Waals surface area contributed by atoms with Crippen molar-refractivity contribution in [2.24, 2.45) is 5.73 Å². The molecular formula is C16H35N2NaO2. The topological polar surface area (TPSA) is 64.3 Å². The van der Waals surface area contributed by atoms with Gasteiger partial charge in [0.1, 0.15) is 0 Å². The fourth-order valence-electron chi connectivity index (χ4n) is 2.18. The maximum atomic E-state index is 11.3. The minimum atomic E-state index is -0.172. The molecule has 0 bridgehead atoms. The van der Waals surface area contributed by atoms with Crippen LogP contribution in [0.3, 0.4) is 0 Å². The first kappa shape index (κ1) is 23.7. The standard InChI is InChI=1S/C16H34N2O2.Na.H/c1-2-3-4-5-6-7-8-9-10-11-12-13-16(19)20-18-15-14-17;;/h18H,2-15,17H2,1H3;;. The second-order valence-corrected chi connectivity index (χ2v) is 5.44. The van der Waals surface area contributed by atoms with Crippen LogP contribution in [0.5, 0.6) is 0 Å². The zero-order valence-corrected chi connectivity index (χ0v) is 13.3. The van der Waals surface area contributed by atoms with Crippen molar-refractivity contribution in [1.29, 1.82) is 0 Å². The predicted octanol–water partition coefficient (Wildman–Crippen LogP) is 3.05. The SMILES string of the molecule is CCCCCCCCCCCCCC(=O)ONCCN.[NaH]. The molecule has 0 atom stereocenters. The van der Waals surface area contributed by atoms with Gasteiger partial charge in [0.05, 0.1) is 0 Å². The summed E-state index contributed by atoms with van der Waals surface area (Å²) < 4.78 is 0. The Morgan fingerprint density at radius 2 is 1.38 bits per heavy atom. The molecule has 21 heavy (non-hydrogen) atoms. The van der Waals surface area contributed by atoms with Crippen molar-refractivity contribution in [2.45, 2.75) is 84.0 Å². The Balaban J connectivity index is 0. The van der Waals surface area contributed by atoms with E-state index in [1.54, 1.807) is 0 Å². The van der Waals surface area contributed by atoms with Crippen LogP contribution in [0.15, 0.2) is 0 Å². The Kier molecular flexibility index (Phi) is 23.0. The van der Waals surface area contributed by atoms with Crippen LogP contribution in [-0.4, -0.2) is 48.6 Å². The van der Waals surface area contributed by atoms with E-state index in [0.29, 0.717) is 19.5 Å². The molecule has 0 saturated heterocycles. The monoisotopic (exact) mass is 310 g/mol. The molecule has 0 spiro atoms. The Bertz CT molecular complexity index is 216. The summed E-state index contributed by atoms with van der Waals surface area (Å²) >= 11 is 0. The molecular weight excluding hydrogens is 275 g/mol. The average Bonchev–Trinajstić information content (AvgIpc) is 2.45. The predicted molar refractivity (Wildman–Crippen MR) is 91.4 cm³/mol. The second-order valence-electron chi connectivity index (χ2n) is 5.44. The molecule has 0 radical (unpaired) electrons. The van der Waals surface area contributed by atoms with Crippen LogP contribution in [-0.2, 0) is 9.63 Å². The van der Waals surface area contributed by atoms with Crippen LogP contribution in [0.1, 0.15) is 84.0 Å². The molecule has 0 rings (SSSR count). The number of hydroxylamine groups is 1. The molecule has 0 aliphatic carbocycles. The van der Waals surface area contributed by atoms with Crippen LogP contribution >= 0.6 is 0 Å². The fourth-order valence-corrected chi connectivity index (χ4v) is 2.18. The molecule has 0 saturated carbocycles. The summed E-state index contributed by atoms with van der Waals surface area (Å²) in [5.41, 5.74) is 7.82. The van der Waals surface area contributed by atoms with E-state index in [1.807, 2.05) is 0 Å². The van der Waals surface area contributed by atoms with E-state index < -0.39 is 0 Å². The Labute approximate surface area is 153 Å². The first-order chi connectivity index (χ1) is 9.81. The normalized spacial score (nSPS) is 10.2. The van der Waals surface area contributed by atoms with E-state index in [4.69, 9.17) is 10.6 Å². The molecule has 0 heterocycles. The number of hydrogen-bond acceptors (Lipinski definition) is 4. The molecule has 0 aromatic heterocycles. The number of nitrogens with two attached hydrogens (primary N) is 1. The maximum absolute atomic E-state index is 11.3. The molecule has 4 nitrogen and oxygen atoms in total. The number of nitrogens with one attached hydrogen (secondary N) is 1. The summed E-state index contributed by atoms with van der Waals surface area (Å²) in [6, 6.07) is 0. The first-order valence-electron chi connectivity index (χ1n) is 8.43. The van der Waals surface area contributed by atoms with E-state index in [0.717, 1.165) is 12.8 Å². The van der Waals surface area contributed by atoms with Gasteiger partial charge in [-0.3, -0.25) is 4.79 Å². The van der Waals surface area contributed by atoms with Gasteiger partial charge in [0.15, 0.2) is 0 Å². The van der Waals surface area contributed by atoms with Gasteiger partial charge in [-0.15, -0.1) is 0 Å². The van der Waals surface area contributed by atoms with E-state index in [9.17, 15) is 4.79 Å². The van der Waals surface area contributed by atoms with E-state index in [2.05, 4.69) is 12.4 Å². The average molecular weight is 310 g/mol. The van der Waals surface area contributed by atoms with Crippen LogP contribution in [0.25, 0.3) is 0 Å². The number of rotatable bonds is 15. The Morgan fingerprint density at radius 3 is 1.86 bits per heavy atom. The summed E-state index contributed by atoms with van der Waals surface area (Å²) in [5, 5.41) is 0. The number of unbranched alkanes of at least 4 members (excludes halogenated alkanes) is 10. The molecule has 0 unspecified atom stereocenters. The van der Waals surface area contributed by atoms with Gasteiger partial charge in [0.2, 0.25) is 0 Å². The summed E-state index contributed by atoms with van der Waals surface area (Å²) in [5.74, 6) is -0.172. The van der Waals surface area contributed by atoms with Gasteiger partial charge in [-0.25, -0.2) is 0 Å². The van der Waals surface area contributed by atoms with E-state index >= 15 is 0 Å². The summed E-state index contributed by atoms with van der Waals surface area (Å²) in [7, 11) is 0. The molecule has 0 aromatic rings. The van der Waals surface area contributed by atoms with Crippen molar-refractivity contribution in [2.75, 3.05) is 13.1 Å². The van der Waals surface area contributed by atoms with Crippen LogP contribution in [0, 0.1) is 0 Å². The van der Waals surface area contributed by atoms with E-state index in [-0.39, 0.29) is 35.5 Å². The molecule has 0 amide bonds. The van der Waals surface area contributed by atoms with Crippen molar-refractivity contribution < 1.29 is 9.63 Å². The summed E-state index contributed by atoms with van der Waals surface area (Å²) in [6.07, 6.45) is 14.7. The van der Waals surface area contributed by atoms with Crippen molar-refractivity contribution in [1.82, 2.24) is 5.48 Å². The van der Waals surface area contributed by atoms with Gasteiger partial charge in [-0.2, -0.15) is 5.48 Å². The van der Waals surface area contributed by atoms with Gasteiger partial charge in [-0.05, 0) is 6.42 Å². The minimum absolute atomic E-state index is 0. The zero-order valence-electron chi connectivity index (χ0n) is 13.3. The molecule has 0 aliphatic heterocycles. The van der Waals surface area contributed by atoms with Crippen molar-refractivity contribution in [3.05, 3.63) is 0 Å².